The van der Waals surface area contributed by atoms with E-state index in [2.05, 4.69) is 10.3 Å². The number of nitrogens with zero attached hydrogens (tertiary/aromatic N) is 2. The minimum Gasteiger partial charge on any atom is -0.355 e. The lowest BCUT2D eigenvalue weighted by molar-refractivity contribution is 0.0746. The summed E-state index contributed by atoms with van der Waals surface area (Å²) in [4.78, 5) is 18.9. The van der Waals surface area contributed by atoms with Gasteiger partial charge in [0.2, 0.25) is 0 Å². The van der Waals surface area contributed by atoms with Gasteiger partial charge in [-0.15, -0.1) is 0 Å². The van der Waals surface area contributed by atoms with Crippen molar-refractivity contribution in [1.29, 1.82) is 0 Å². The van der Waals surface area contributed by atoms with Crippen LogP contribution in [0, 0.1) is 0 Å². The molecule has 0 atom stereocenters. The van der Waals surface area contributed by atoms with Crippen molar-refractivity contribution in [2.45, 2.75) is 13.5 Å². The first-order valence-corrected chi connectivity index (χ1v) is 8.85. The van der Waals surface area contributed by atoms with E-state index in [-0.39, 0.29) is 5.91 Å². The second-order valence-corrected chi connectivity index (χ2v) is 6.31. The summed E-state index contributed by atoms with van der Waals surface area (Å²) in [5, 5.41) is 3.90. The molecule has 1 N–H and O–H groups in total. The monoisotopic (exact) mass is 365 g/mol. The minimum atomic E-state index is -0.0916. The Labute approximate surface area is 158 Å². The molecule has 1 amide bonds. The molecular weight excluding hydrogens is 346 g/mol. The summed E-state index contributed by atoms with van der Waals surface area (Å²) in [6, 6.07) is 21.0. The first kappa shape index (κ1) is 18.0. The van der Waals surface area contributed by atoms with Gasteiger partial charge in [0, 0.05) is 35.7 Å². The van der Waals surface area contributed by atoms with E-state index in [9.17, 15) is 4.79 Å². The van der Waals surface area contributed by atoms with Crippen molar-refractivity contribution in [2.75, 3.05) is 11.9 Å². The summed E-state index contributed by atoms with van der Waals surface area (Å²) >= 11 is 6.02. The fourth-order valence-electron chi connectivity index (χ4n) is 2.65. The maximum Gasteiger partial charge on any atom is 0.272 e. The molecule has 0 aliphatic rings. The second kappa shape index (κ2) is 8.50. The fourth-order valence-corrected chi connectivity index (χ4v) is 2.84. The number of carbonyl (C=O) groups excluding carboxylic acids is 1. The standard InChI is InChI=1S/C21H20ClN3O/c1-2-25(15-16-7-4-3-5-8-16)21(26)20-14-19(11-12-23-20)24-18-10-6-9-17(22)13-18/h3-14H,2,15H2,1H3,(H,23,24). The number of halogens is 1. The van der Waals surface area contributed by atoms with Gasteiger partial charge in [-0.05, 0) is 42.8 Å². The average molecular weight is 366 g/mol. The molecule has 4 nitrogen and oxygen atoms in total. The fraction of sp³-hybridized carbons (Fsp3) is 0.143. The van der Waals surface area contributed by atoms with Gasteiger partial charge < -0.3 is 10.2 Å². The van der Waals surface area contributed by atoms with Gasteiger partial charge in [0.25, 0.3) is 5.91 Å². The molecule has 2 aromatic carbocycles. The number of anilines is 2. The number of rotatable bonds is 6. The molecule has 26 heavy (non-hydrogen) atoms. The number of pyridine rings is 1. The molecule has 3 aromatic rings. The van der Waals surface area contributed by atoms with E-state index in [0.717, 1.165) is 16.9 Å². The molecule has 5 heteroatoms. The van der Waals surface area contributed by atoms with Crippen molar-refractivity contribution in [3.05, 3.63) is 89.2 Å². The molecule has 0 saturated heterocycles. The highest BCUT2D eigenvalue weighted by Crippen LogP contribution is 2.21. The number of aromatic nitrogens is 1. The normalized spacial score (nSPS) is 10.4. The Morgan fingerprint density at radius 1 is 1.04 bits per heavy atom. The predicted octanol–water partition coefficient (Wildman–Crippen LogP) is 5.14. The summed E-state index contributed by atoms with van der Waals surface area (Å²) in [6.07, 6.45) is 1.64. The summed E-state index contributed by atoms with van der Waals surface area (Å²) in [5.41, 5.74) is 3.16. The van der Waals surface area contributed by atoms with Crippen LogP contribution in [-0.4, -0.2) is 22.3 Å². The number of nitrogens with one attached hydrogen (secondary N) is 1. The van der Waals surface area contributed by atoms with Crippen LogP contribution in [-0.2, 0) is 6.54 Å². The lowest BCUT2D eigenvalue weighted by Crippen LogP contribution is -2.31. The molecule has 0 radical (unpaired) electrons. The maximum atomic E-state index is 12.9. The third-order valence-electron chi connectivity index (χ3n) is 3.98. The molecule has 0 spiro atoms. The Morgan fingerprint density at radius 2 is 1.81 bits per heavy atom. The summed E-state index contributed by atoms with van der Waals surface area (Å²) in [7, 11) is 0. The molecule has 1 aromatic heterocycles. The average Bonchev–Trinajstić information content (AvgIpc) is 2.66. The lowest BCUT2D eigenvalue weighted by atomic mass is 10.2. The van der Waals surface area contributed by atoms with E-state index in [4.69, 9.17) is 11.6 Å². The van der Waals surface area contributed by atoms with E-state index in [1.165, 1.54) is 0 Å². The summed E-state index contributed by atoms with van der Waals surface area (Å²) in [6.45, 7) is 3.14. The molecule has 3 rings (SSSR count). The SMILES string of the molecule is CCN(Cc1ccccc1)C(=O)c1cc(Nc2cccc(Cl)c2)ccn1. The number of hydrogen-bond acceptors (Lipinski definition) is 3. The van der Waals surface area contributed by atoms with Crippen LogP contribution in [0.15, 0.2) is 72.9 Å². The Balaban J connectivity index is 1.76. The van der Waals surface area contributed by atoms with E-state index in [1.54, 1.807) is 17.2 Å². The molecule has 132 valence electrons. The molecule has 1 heterocycles. The van der Waals surface area contributed by atoms with Crippen LogP contribution in [0.5, 0.6) is 0 Å². The molecule has 0 fully saturated rings. The van der Waals surface area contributed by atoms with Crippen LogP contribution in [0.2, 0.25) is 5.02 Å². The van der Waals surface area contributed by atoms with Crippen LogP contribution in [0.1, 0.15) is 23.0 Å². The van der Waals surface area contributed by atoms with Gasteiger partial charge in [-0.2, -0.15) is 0 Å². The van der Waals surface area contributed by atoms with E-state index < -0.39 is 0 Å². The number of carbonyl (C=O) groups is 1. The Kier molecular flexibility index (Phi) is 5.87. The van der Waals surface area contributed by atoms with Crippen molar-refractivity contribution in [1.82, 2.24) is 9.88 Å². The van der Waals surface area contributed by atoms with E-state index in [1.807, 2.05) is 67.6 Å². The van der Waals surface area contributed by atoms with Crippen molar-refractivity contribution in [2.24, 2.45) is 0 Å². The minimum absolute atomic E-state index is 0.0916. The molecular formula is C21H20ClN3O. The second-order valence-electron chi connectivity index (χ2n) is 5.87. The third-order valence-corrected chi connectivity index (χ3v) is 4.21. The lowest BCUT2D eigenvalue weighted by Gasteiger charge is -2.21. The predicted molar refractivity (Wildman–Crippen MR) is 106 cm³/mol. The number of hydrogen-bond donors (Lipinski definition) is 1. The van der Waals surface area contributed by atoms with Crippen LogP contribution in [0.4, 0.5) is 11.4 Å². The highest BCUT2D eigenvalue weighted by molar-refractivity contribution is 6.30. The molecule has 0 saturated carbocycles. The summed E-state index contributed by atoms with van der Waals surface area (Å²) < 4.78 is 0. The van der Waals surface area contributed by atoms with Crippen molar-refractivity contribution >= 4 is 28.9 Å². The van der Waals surface area contributed by atoms with Crippen LogP contribution in [0.3, 0.4) is 0 Å². The van der Waals surface area contributed by atoms with Gasteiger partial charge in [0.15, 0.2) is 0 Å². The quantitative estimate of drug-likeness (QED) is 0.657. The largest absolute Gasteiger partial charge is 0.355 e. The number of benzene rings is 2. The molecule has 0 bridgehead atoms. The Hall–Kier alpha value is -2.85. The van der Waals surface area contributed by atoms with Gasteiger partial charge in [0.05, 0.1) is 0 Å². The Bertz CT molecular complexity index is 883. The topological polar surface area (TPSA) is 45.2 Å². The van der Waals surface area contributed by atoms with Crippen LogP contribution < -0.4 is 5.32 Å². The first-order valence-electron chi connectivity index (χ1n) is 8.47. The number of amides is 1. The van der Waals surface area contributed by atoms with E-state index >= 15 is 0 Å². The van der Waals surface area contributed by atoms with Gasteiger partial charge in [-0.3, -0.25) is 9.78 Å². The van der Waals surface area contributed by atoms with Crippen molar-refractivity contribution < 1.29 is 4.79 Å². The van der Waals surface area contributed by atoms with Crippen LogP contribution in [0.25, 0.3) is 0 Å². The smallest absolute Gasteiger partial charge is 0.272 e. The molecule has 0 aliphatic heterocycles. The zero-order chi connectivity index (χ0) is 18.4. The molecule has 0 unspecified atom stereocenters. The first-order chi connectivity index (χ1) is 12.7. The Morgan fingerprint density at radius 3 is 2.54 bits per heavy atom. The van der Waals surface area contributed by atoms with Gasteiger partial charge in [-0.1, -0.05) is 48.0 Å². The summed E-state index contributed by atoms with van der Waals surface area (Å²) in [5.74, 6) is -0.0916. The zero-order valence-electron chi connectivity index (χ0n) is 14.5. The van der Waals surface area contributed by atoms with Crippen molar-refractivity contribution in [3.8, 4) is 0 Å². The highest BCUT2D eigenvalue weighted by atomic mass is 35.5. The van der Waals surface area contributed by atoms with Crippen LogP contribution >= 0.6 is 11.6 Å². The maximum absolute atomic E-state index is 12.9. The van der Waals surface area contributed by atoms with Gasteiger partial charge in [0.1, 0.15) is 5.69 Å². The molecule has 0 aliphatic carbocycles. The third kappa shape index (κ3) is 4.61. The highest BCUT2D eigenvalue weighted by Gasteiger charge is 2.16. The zero-order valence-corrected chi connectivity index (χ0v) is 15.3. The van der Waals surface area contributed by atoms with E-state index in [0.29, 0.717) is 23.8 Å². The van der Waals surface area contributed by atoms with Gasteiger partial charge in [-0.25, -0.2) is 0 Å². The van der Waals surface area contributed by atoms with Crippen molar-refractivity contribution in [3.63, 3.8) is 0 Å². The van der Waals surface area contributed by atoms with Gasteiger partial charge >= 0.3 is 0 Å².